The first-order valence-corrected chi connectivity index (χ1v) is 12.1. The Labute approximate surface area is 226 Å². The molecule has 1 N–H and O–H groups in total. The van der Waals surface area contributed by atoms with Crippen molar-refractivity contribution in [3.8, 4) is 17.7 Å². The van der Waals surface area contributed by atoms with Gasteiger partial charge in [-0.15, -0.1) is 0 Å². The number of para-hydroxylation sites is 1. The van der Waals surface area contributed by atoms with Gasteiger partial charge in [-0.25, -0.2) is 10.4 Å². The summed E-state index contributed by atoms with van der Waals surface area (Å²) in [6.45, 7) is 1.78. The molecule has 1 aromatic heterocycles. The highest BCUT2D eigenvalue weighted by molar-refractivity contribution is 9.10. The van der Waals surface area contributed by atoms with Crippen LogP contribution in [0, 0.1) is 18.3 Å². The van der Waals surface area contributed by atoms with E-state index in [-0.39, 0.29) is 31.3 Å². The molecule has 0 saturated carbocycles. The number of ether oxygens (including phenoxy) is 3. The molecule has 0 fully saturated rings. The Morgan fingerprint density at radius 1 is 1.22 bits per heavy atom. The largest absolute Gasteiger partial charge is 0.488 e. The zero-order chi connectivity index (χ0) is 26.1. The normalized spacial score (nSPS) is 10.8. The first-order valence-electron chi connectivity index (χ1n) is 10.5. The molecule has 11 heteroatoms. The number of methoxy groups -OCH3 is 1. The predicted octanol–water partition coefficient (Wildman–Crippen LogP) is 5.59. The highest BCUT2D eigenvalue weighted by Crippen LogP contribution is 2.30. The lowest BCUT2D eigenvalue weighted by Gasteiger charge is -2.13. The first-order chi connectivity index (χ1) is 17.3. The van der Waals surface area contributed by atoms with Crippen molar-refractivity contribution in [1.82, 2.24) is 10.4 Å². The molecule has 8 nitrogen and oxygen atoms in total. The Balaban J connectivity index is 1.61. The summed E-state index contributed by atoms with van der Waals surface area (Å²) in [5.41, 5.74) is 5.20. The number of carbonyl (C=O) groups is 1. The zero-order valence-electron chi connectivity index (χ0n) is 19.3. The predicted molar refractivity (Wildman–Crippen MR) is 141 cm³/mol. The topological polar surface area (TPSA) is 106 Å². The molecule has 2 aromatic carbocycles. The average molecular weight is 592 g/mol. The highest BCUT2D eigenvalue weighted by Gasteiger charge is 2.18. The lowest BCUT2D eigenvalue weighted by Crippen LogP contribution is -2.25. The highest BCUT2D eigenvalue weighted by atomic mass is 79.9. The van der Waals surface area contributed by atoms with E-state index in [2.05, 4.69) is 37.5 Å². The Morgan fingerprint density at radius 3 is 2.72 bits per heavy atom. The number of rotatable bonds is 10. The smallest absolute Gasteiger partial charge is 0.278 e. The molecular formula is C25H21BrCl2N4O4. The van der Waals surface area contributed by atoms with Gasteiger partial charge in [-0.05, 0) is 47.1 Å². The van der Waals surface area contributed by atoms with Gasteiger partial charge in [-0.2, -0.15) is 10.4 Å². The van der Waals surface area contributed by atoms with Crippen molar-refractivity contribution in [2.45, 2.75) is 20.1 Å². The quantitative estimate of drug-likeness (QED) is 0.243. The number of aryl methyl sites for hydroxylation is 1. The van der Waals surface area contributed by atoms with Gasteiger partial charge >= 0.3 is 0 Å². The molecule has 3 aromatic rings. The molecular weight excluding hydrogens is 571 g/mol. The number of hydrogen-bond acceptors (Lipinski definition) is 7. The Bertz CT molecular complexity index is 1330. The number of hydrazone groups is 1. The Kier molecular flexibility index (Phi) is 10.1. The fourth-order valence-electron chi connectivity index (χ4n) is 3.07. The summed E-state index contributed by atoms with van der Waals surface area (Å²) < 4.78 is 17.2. The van der Waals surface area contributed by atoms with Crippen LogP contribution in [-0.4, -0.2) is 30.8 Å². The molecule has 186 valence electrons. The van der Waals surface area contributed by atoms with Crippen LogP contribution >= 0.6 is 39.1 Å². The monoisotopic (exact) mass is 590 g/mol. The Morgan fingerprint density at radius 2 is 2.00 bits per heavy atom. The third-order valence-electron chi connectivity index (χ3n) is 4.82. The van der Waals surface area contributed by atoms with Gasteiger partial charge in [0.05, 0.1) is 18.5 Å². The van der Waals surface area contributed by atoms with E-state index in [0.717, 1.165) is 5.56 Å². The van der Waals surface area contributed by atoms with E-state index >= 15 is 0 Å². The maximum absolute atomic E-state index is 12.3. The minimum atomic E-state index is -0.530. The van der Waals surface area contributed by atoms with Crippen molar-refractivity contribution >= 4 is 51.3 Å². The molecule has 0 aliphatic heterocycles. The van der Waals surface area contributed by atoms with E-state index in [0.29, 0.717) is 37.1 Å². The molecule has 0 bridgehead atoms. The van der Waals surface area contributed by atoms with Gasteiger partial charge in [0.15, 0.2) is 6.61 Å². The molecule has 0 spiro atoms. The van der Waals surface area contributed by atoms with Crippen molar-refractivity contribution in [1.29, 1.82) is 5.26 Å². The van der Waals surface area contributed by atoms with Crippen molar-refractivity contribution < 1.29 is 19.0 Å². The fourth-order valence-corrected chi connectivity index (χ4v) is 3.93. The lowest BCUT2D eigenvalue weighted by molar-refractivity contribution is -0.123. The fraction of sp³-hybridized carbons (Fsp3) is 0.200. The summed E-state index contributed by atoms with van der Waals surface area (Å²) in [6, 6.07) is 14.4. The van der Waals surface area contributed by atoms with Gasteiger partial charge in [0, 0.05) is 38.3 Å². The number of hydrogen-bond donors (Lipinski definition) is 1. The maximum Gasteiger partial charge on any atom is 0.278 e. The van der Waals surface area contributed by atoms with Gasteiger partial charge in [-0.1, -0.05) is 41.4 Å². The van der Waals surface area contributed by atoms with E-state index in [9.17, 15) is 10.1 Å². The third kappa shape index (κ3) is 7.18. The van der Waals surface area contributed by atoms with Crippen LogP contribution in [0.1, 0.15) is 27.9 Å². The molecule has 0 aliphatic rings. The number of pyridine rings is 1. The number of amides is 1. The SMILES string of the molecule is COCc1c(Br)c(C)nc(OCC(=O)N/N=C\c2ccccc2OCc2ccc(Cl)cc2Cl)c1C#N. The number of halogens is 3. The number of nitrogens with one attached hydrogen (secondary N) is 1. The van der Waals surface area contributed by atoms with E-state index in [4.69, 9.17) is 37.4 Å². The van der Waals surface area contributed by atoms with E-state index < -0.39 is 5.91 Å². The summed E-state index contributed by atoms with van der Waals surface area (Å²) in [4.78, 5) is 16.5. The standard InChI is InChI=1S/C25H21BrCl2N4O4/c1-15-24(26)20(13-34-2)19(10-29)25(31-15)36-14-23(33)32-30-11-16-5-3-4-6-22(16)35-12-17-7-8-18(27)9-21(17)28/h3-9,11H,12-14H2,1-2H3,(H,32,33)/b30-11-. The van der Waals surface area contributed by atoms with Crippen molar-refractivity contribution in [2.24, 2.45) is 5.10 Å². The van der Waals surface area contributed by atoms with E-state index in [1.807, 2.05) is 12.1 Å². The van der Waals surface area contributed by atoms with Crippen LogP contribution in [0.25, 0.3) is 0 Å². The second-order valence-electron chi connectivity index (χ2n) is 7.36. The summed E-state index contributed by atoms with van der Waals surface area (Å²) in [5, 5.41) is 14.6. The Hall–Kier alpha value is -3.16. The molecule has 0 aliphatic carbocycles. The summed E-state index contributed by atoms with van der Waals surface area (Å²) in [5.74, 6) is 0.0674. The van der Waals surface area contributed by atoms with Crippen molar-refractivity contribution in [3.05, 3.63) is 84.9 Å². The zero-order valence-corrected chi connectivity index (χ0v) is 22.4. The number of nitrogens with zero attached hydrogens (tertiary/aromatic N) is 3. The molecule has 0 unspecified atom stereocenters. The van der Waals surface area contributed by atoms with Crippen LogP contribution in [0.2, 0.25) is 10.0 Å². The number of benzene rings is 2. The van der Waals surface area contributed by atoms with Gasteiger partial charge < -0.3 is 14.2 Å². The summed E-state index contributed by atoms with van der Waals surface area (Å²) >= 11 is 15.6. The maximum atomic E-state index is 12.3. The molecule has 0 saturated heterocycles. The number of nitriles is 1. The van der Waals surface area contributed by atoms with Crippen LogP contribution in [-0.2, 0) is 22.7 Å². The lowest BCUT2D eigenvalue weighted by atomic mass is 10.1. The van der Waals surface area contributed by atoms with E-state index in [1.165, 1.54) is 13.3 Å². The summed E-state index contributed by atoms with van der Waals surface area (Å²) in [7, 11) is 1.52. The minimum Gasteiger partial charge on any atom is -0.488 e. The molecule has 1 amide bonds. The second-order valence-corrected chi connectivity index (χ2v) is 9.00. The van der Waals surface area contributed by atoms with Gasteiger partial charge in [-0.3, -0.25) is 4.79 Å². The second kappa shape index (κ2) is 13.2. The third-order valence-corrected chi connectivity index (χ3v) is 6.46. The number of carbonyl (C=O) groups excluding carboxylic acids is 1. The van der Waals surface area contributed by atoms with Crippen LogP contribution in [0.5, 0.6) is 11.6 Å². The molecule has 36 heavy (non-hydrogen) atoms. The molecule has 0 atom stereocenters. The molecule has 3 rings (SSSR count). The van der Waals surface area contributed by atoms with Crippen molar-refractivity contribution in [2.75, 3.05) is 13.7 Å². The van der Waals surface area contributed by atoms with Crippen LogP contribution in [0.3, 0.4) is 0 Å². The number of aromatic nitrogens is 1. The van der Waals surface area contributed by atoms with E-state index in [1.54, 1.807) is 37.3 Å². The van der Waals surface area contributed by atoms with Crippen LogP contribution < -0.4 is 14.9 Å². The molecule has 0 radical (unpaired) electrons. The van der Waals surface area contributed by atoms with Gasteiger partial charge in [0.25, 0.3) is 5.91 Å². The van der Waals surface area contributed by atoms with Crippen LogP contribution in [0.15, 0.2) is 52.0 Å². The average Bonchev–Trinajstić information content (AvgIpc) is 2.86. The van der Waals surface area contributed by atoms with Gasteiger partial charge in [0.1, 0.15) is 24.0 Å². The first kappa shape index (κ1) is 27.4. The van der Waals surface area contributed by atoms with Crippen LogP contribution in [0.4, 0.5) is 0 Å². The van der Waals surface area contributed by atoms with Gasteiger partial charge in [0.2, 0.25) is 5.88 Å². The molecule has 1 heterocycles. The summed E-state index contributed by atoms with van der Waals surface area (Å²) in [6.07, 6.45) is 1.45. The minimum absolute atomic E-state index is 0.0454. The van der Waals surface area contributed by atoms with Crippen molar-refractivity contribution in [3.63, 3.8) is 0 Å².